The monoisotopic (exact) mass is 344 g/mol. The van der Waals surface area contributed by atoms with E-state index in [0.29, 0.717) is 5.16 Å². The molecule has 5 N–H and O–H groups in total. The van der Waals surface area contributed by atoms with E-state index in [1.165, 1.54) is 22.7 Å². The molecular weight excluding hydrogens is 328 g/mol. The highest BCUT2D eigenvalue weighted by Gasteiger charge is 2.44. The Labute approximate surface area is 133 Å². The number of ether oxygens (including phenoxy) is 1. The SMILES string of the molecule is CSc1nc2c(ncn2[C@@H]2O[C@@H](CO)[C@@H](O)[C@@H](O)[C@@H]2O)c(=O)[nH]1. The average molecular weight is 344 g/mol. The summed E-state index contributed by atoms with van der Waals surface area (Å²) in [5, 5.41) is 39.5. The van der Waals surface area contributed by atoms with E-state index in [-0.39, 0.29) is 11.2 Å². The maximum atomic E-state index is 12.0. The van der Waals surface area contributed by atoms with E-state index in [1.54, 1.807) is 6.26 Å². The second-order valence-corrected chi connectivity index (χ2v) is 5.91. The predicted octanol–water partition coefficient (Wildman–Crippen LogP) is -2.19. The van der Waals surface area contributed by atoms with Crippen LogP contribution in [-0.2, 0) is 4.74 Å². The van der Waals surface area contributed by atoms with E-state index in [1.807, 2.05) is 0 Å². The van der Waals surface area contributed by atoms with Crippen molar-refractivity contribution in [3.8, 4) is 0 Å². The molecule has 3 heterocycles. The van der Waals surface area contributed by atoms with Gasteiger partial charge in [-0.05, 0) is 6.26 Å². The van der Waals surface area contributed by atoms with Gasteiger partial charge in [-0.1, -0.05) is 11.8 Å². The Kier molecular flexibility index (Phi) is 4.40. The number of rotatable bonds is 3. The topological polar surface area (TPSA) is 154 Å². The number of nitrogens with zero attached hydrogens (tertiary/aromatic N) is 3. The van der Waals surface area contributed by atoms with Gasteiger partial charge in [0.1, 0.15) is 24.4 Å². The number of imidazole rings is 1. The van der Waals surface area contributed by atoms with Gasteiger partial charge in [0.2, 0.25) is 0 Å². The second-order valence-electron chi connectivity index (χ2n) is 5.12. The van der Waals surface area contributed by atoms with Crippen LogP contribution in [-0.4, -0.2) is 77.2 Å². The van der Waals surface area contributed by atoms with Crippen LogP contribution in [0, 0.1) is 0 Å². The van der Waals surface area contributed by atoms with E-state index >= 15 is 0 Å². The maximum Gasteiger partial charge on any atom is 0.279 e. The minimum atomic E-state index is -1.52. The van der Waals surface area contributed by atoms with E-state index in [2.05, 4.69) is 15.0 Å². The lowest BCUT2D eigenvalue weighted by molar-refractivity contribution is -0.250. The van der Waals surface area contributed by atoms with E-state index in [4.69, 9.17) is 4.74 Å². The van der Waals surface area contributed by atoms with Gasteiger partial charge in [0, 0.05) is 0 Å². The zero-order valence-electron chi connectivity index (χ0n) is 12.0. The van der Waals surface area contributed by atoms with Gasteiger partial charge in [-0.15, -0.1) is 0 Å². The summed E-state index contributed by atoms with van der Waals surface area (Å²) in [6.45, 7) is -0.544. The highest BCUT2D eigenvalue weighted by Crippen LogP contribution is 2.30. The van der Waals surface area contributed by atoms with Crippen LogP contribution in [0.3, 0.4) is 0 Å². The molecule has 126 valence electrons. The first-order chi connectivity index (χ1) is 11.0. The normalized spacial score (nSPS) is 31.6. The molecule has 2 aromatic rings. The van der Waals surface area contributed by atoms with Crippen molar-refractivity contribution in [2.24, 2.45) is 0 Å². The fourth-order valence-corrected chi connectivity index (χ4v) is 2.87. The predicted molar refractivity (Wildman–Crippen MR) is 78.9 cm³/mol. The van der Waals surface area contributed by atoms with Gasteiger partial charge in [0.15, 0.2) is 22.5 Å². The van der Waals surface area contributed by atoms with Crippen molar-refractivity contribution in [1.82, 2.24) is 19.5 Å². The van der Waals surface area contributed by atoms with Crippen LogP contribution in [0.5, 0.6) is 0 Å². The number of thioether (sulfide) groups is 1. The Morgan fingerprint density at radius 3 is 2.74 bits per heavy atom. The third-order valence-corrected chi connectivity index (χ3v) is 4.33. The van der Waals surface area contributed by atoms with Crippen molar-refractivity contribution in [3.63, 3.8) is 0 Å². The molecule has 2 aromatic heterocycles. The van der Waals surface area contributed by atoms with Crippen LogP contribution in [0.2, 0.25) is 0 Å². The fraction of sp³-hybridized carbons (Fsp3) is 0.583. The van der Waals surface area contributed by atoms with Crippen molar-refractivity contribution in [1.29, 1.82) is 0 Å². The number of fused-ring (bicyclic) bond motifs is 1. The first-order valence-corrected chi connectivity index (χ1v) is 8.01. The standard InChI is InChI=1S/C12H16N4O6S/c1-23-12-14-9-5(10(21)15-12)13-3-16(9)11-8(20)7(19)6(18)4(2-17)22-11/h3-4,6-8,11,17-20H,2H2,1H3,(H,14,15,21)/t4-,6+,7+,8-,11+/m0/s1. The first kappa shape index (κ1) is 16.4. The smallest absolute Gasteiger partial charge is 0.279 e. The third-order valence-electron chi connectivity index (χ3n) is 3.75. The summed E-state index contributed by atoms with van der Waals surface area (Å²) in [6.07, 6.45) is -3.69. The molecule has 0 aromatic carbocycles. The Bertz CT molecular complexity index is 762. The molecule has 0 bridgehead atoms. The van der Waals surface area contributed by atoms with Gasteiger partial charge in [0.25, 0.3) is 5.56 Å². The molecule has 0 aliphatic carbocycles. The molecule has 10 nitrogen and oxygen atoms in total. The van der Waals surface area contributed by atoms with E-state index in [9.17, 15) is 25.2 Å². The van der Waals surface area contributed by atoms with Gasteiger partial charge in [-0.2, -0.15) is 0 Å². The second kappa shape index (κ2) is 6.19. The number of aliphatic hydroxyl groups is 4. The molecule has 0 radical (unpaired) electrons. The highest BCUT2D eigenvalue weighted by molar-refractivity contribution is 7.98. The molecule has 1 fully saturated rings. The lowest BCUT2D eigenvalue weighted by Gasteiger charge is -2.40. The first-order valence-electron chi connectivity index (χ1n) is 6.79. The number of aliphatic hydroxyl groups excluding tert-OH is 4. The summed E-state index contributed by atoms with van der Waals surface area (Å²) < 4.78 is 6.75. The van der Waals surface area contributed by atoms with Gasteiger partial charge < -0.3 is 25.2 Å². The molecule has 0 spiro atoms. The molecule has 1 aliphatic heterocycles. The van der Waals surface area contributed by atoms with Crippen LogP contribution in [0.1, 0.15) is 6.23 Å². The molecule has 1 saturated heterocycles. The summed E-state index contributed by atoms with van der Waals surface area (Å²) >= 11 is 1.22. The third kappa shape index (κ3) is 2.65. The van der Waals surface area contributed by atoms with Crippen LogP contribution < -0.4 is 5.56 Å². The summed E-state index contributed by atoms with van der Waals surface area (Å²) in [6, 6.07) is 0. The van der Waals surface area contributed by atoms with Crippen molar-refractivity contribution in [2.45, 2.75) is 35.8 Å². The molecule has 0 amide bonds. The summed E-state index contributed by atoms with van der Waals surface area (Å²) in [7, 11) is 0. The maximum absolute atomic E-state index is 12.0. The molecule has 11 heteroatoms. The van der Waals surface area contributed by atoms with Crippen LogP contribution >= 0.6 is 11.8 Å². The van der Waals surface area contributed by atoms with Crippen molar-refractivity contribution in [3.05, 3.63) is 16.7 Å². The number of aromatic nitrogens is 4. The van der Waals surface area contributed by atoms with Gasteiger partial charge in [-0.3, -0.25) is 14.3 Å². The number of hydrogen-bond acceptors (Lipinski definition) is 9. The Hall–Kier alpha value is -1.50. The summed E-state index contributed by atoms with van der Waals surface area (Å²) in [5.41, 5.74) is -0.218. The Balaban J connectivity index is 2.08. The summed E-state index contributed by atoms with van der Waals surface area (Å²) in [5.74, 6) is 0. The lowest BCUT2D eigenvalue weighted by atomic mass is 9.98. The van der Waals surface area contributed by atoms with Crippen LogP contribution in [0.4, 0.5) is 0 Å². The minimum absolute atomic E-state index is 0.0553. The average Bonchev–Trinajstić information content (AvgIpc) is 2.97. The molecule has 0 unspecified atom stereocenters. The zero-order chi connectivity index (χ0) is 16.7. The van der Waals surface area contributed by atoms with Crippen LogP contribution in [0.25, 0.3) is 11.2 Å². The van der Waals surface area contributed by atoms with E-state index in [0.717, 1.165) is 0 Å². The molecule has 5 atom stereocenters. The van der Waals surface area contributed by atoms with Crippen LogP contribution in [0.15, 0.2) is 16.3 Å². The quantitative estimate of drug-likeness (QED) is 0.309. The Morgan fingerprint density at radius 2 is 2.09 bits per heavy atom. The zero-order valence-corrected chi connectivity index (χ0v) is 12.8. The van der Waals surface area contributed by atoms with Gasteiger partial charge in [0.05, 0.1) is 12.9 Å². The number of aromatic amines is 1. The van der Waals surface area contributed by atoms with Gasteiger partial charge in [-0.25, -0.2) is 9.97 Å². The van der Waals surface area contributed by atoms with E-state index < -0.39 is 42.8 Å². The molecule has 3 rings (SSSR count). The fourth-order valence-electron chi connectivity index (χ4n) is 2.50. The number of nitrogens with one attached hydrogen (secondary N) is 1. The van der Waals surface area contributed by atoms with Gasteiger partial charge >= 0.3 is 0 Å². The number of hydrogen-bond donors (Lipinski definition) is 5. The largest absolute Gasteiger partial charge is 0.394 e. The van der Waals surface area contributed by atoms with Crippen molar-refractivity contribution < 1.29 is 25.2 Å². The lowest BCUT2D eigenvalue weighted by Crippen LogP contribution is -2.56. The molecule has 23 heavy (non-hydrogen) atoms. The van der Waals surface area contributed by atoms with Crippen molar-refractivity contribution in [2.75, 3.05) is 12.9 Å². The number of H-pyrrole nitrogens is 1. The summed E-state index contributed by atoms with van der Waals surface area (Å²) in [4.78, 5) is 22.7. The Morgan fingerprint density at radius 1 is 1.35 bits per heavy atom. The molecule has 0 saturated carbocycles. The van der Waals surface area contributed by atoms with Crippen molar-refractivity contribution >= 4 is 22.9 Å². The molecular formula is C12H16N4O6S. The molecule has 1 aliphatic rings. The highest BCUT2D eigenvalue weighted by atomic mass is 32.2. The minimum Gasteiger partial charge on any atom is -0.394 e.